The third-order valence-corrected chi connectivity index (χ3v) is 4.49. The van der Waals surface area contributed by atoms with Gasteiger partial charge in [0.2, 0.25) is 0 Å². The van der Waals surface area contributed by atoms with Crippen LogP contribution in [0.3, 0.4) is 0 Å². The highest BCUT2D eigenvalue weighted by Crippen LogP contribution is 2.31. The number of aryl methyl sites for hydroxylation is 2. The van der Waals surface area contributed by atoms with E-state index >= 15 is 0 Å². The highest BCUT2D eigenvalue weighted by atomic mass is 35.5. The molecule has 1 heteroatoms. The van der Waals surface area contributed by atoms with E-state index in [0.717, 1.165) is 12.8 Å². The maximum Gasteiger partial charge on any atom is 0.0427 e. The minimum atomic E-state index is 0.208. The number of benzene rings is 1. The normalized spacial score (nSPS) is 13.9. The smallest absolute Gasteiger partial charge is 0.0427 e. The monoisotopic (exact) mass is 238 g/mol. The van der Waals surface area contributed by atoms with Gasteiger partial charge in [-0.15, -0.1) is 11.6 Å². The third-order valence-electron chi connectivity index (χ3n) is 3.75. The first-order valence-corrected chi connectivity index (χ1v) is 6.50. The Kier molecular flexibility index (Phi) is 4.43. The Morgan fingerprint density at radius 3 is 2.31 bits per heavy atom. The van der Waals surface area contributed by atoms with Gasteiger partial charge in [-0.3, -0.25) is 0 Å². The van der Waals surface area contributed by atoms with Gasteiger partial charge >= 0.3 is 0 Å². The topological polar surface area (TPSA) is 0 Å². The van der Waals surface area contributed by atoms with Gasteiger partial charge in [-0.2, -0.15) is 0 Å². The summed E-state index contributed by atoms with van der Waals surface area (Å²) in [5.41, 5.74) is 4.27. The standard InChI is InChI=1S/C15H23Cl/c1-6-15(4,5)14(16)10-13-8-7-11(2)12(3)9-13/h7-9,14H,6,10H2,1-5H3. The molecule has 1 unspecified atom stereocenters. The Morgan fingerprint density at radius 2 is 1.81 bits per heavy atom. The van der Waals surface area contributed by atoms with Crippen molar-refractivity contribution in [2.24, 2.45) is 5.41 Å². The predicted molar refractivity (Wildman–Crippen MR) is 73.3 cm³/mol. The van der Waals surface area contributed by atoms with Gasteiger partial charge in [0, 0.05) is 5.38 Å². The Morgan fingerprint density at radius 1 is 1.19 bits per heavy atom. The lowest BCUT2D eigenvalue weighted by atomic mass is 9.83. The molecule has 1 rings (SSSR count). The Balaban J connectivity index is 2.77. The Hall–Kier alpha value is -0.490. The molecule has 0 saturated heterocycles. The summed E-state index contributed by atoms with van der Waals surface area (Å²) in [4.78, 5) is 0. The fraction of sp³-hybridized carbons (Fsp3) is 0.600. The second-order valence-electron chi connectivity index (χ2n) is 5.43. The molecule has 0 aliphatic heterocycles. The summed E-state index contributed by atoms with van der Waals surface area (Å²) in [6.07, 6.45) is 2.08. The number of hydrogen-bond acceptors (Lipinski definition) is 0. The zero-order chi connectivity index (χ0) is 12.3. The second-order valence-corrected chi connectivity index (χ2v) is 5.96. The van der Waals surface area contributed by atoms with Crippen LogP contribution in [0.15, 0.2) is 18.2 Å². The maximum absolute atomic E-state index is 6.50. The average molecular weight is 239 g/mol. The maximum atomic E-state index is 6.50. The number of rotatable bonds is 4. The lowest BCUT2D eigenvalue weighted by Gasteiger charge is -2.28. The first-order valence-electron chi connectivity index (χ1n) is 6.07. The summed E-state index contributed by atoms with van der Waals surface area (Å²) in [6.45, 7) is 11.0. The van der Waals surface area contributed by atoms with Crippen LogP contribution in [-0.2, 0) is 6.42 Å². The molecule has 1 atom stereocenters. The van der Waals surface area contributed by atoms with E-state index in [2.05, 4.69) is 52.8 Å². The van der Waals surface area contributed by atoms with Crippen LogP contribution < -0.4 is 0 Å². The first kappa shape index (κ1) is 13.6. The zero-order valence-electron chi connectivity index (χ0n) is 11.1. The quantitative estimate of drug-likeness (QED) is 0.656. The molecule has 0 radical (unpaired) electrons. The minimum absolute atomic E-state index is 0.208. The van der Waals surface area contributed by atoms with Crippen LogP contribution in [0.1, 0.15) is 43.9 Å². The van der Waals surface area contributed by atoms with Crippen molar-refractivity contribution in [3.8, 4) is 0 Å². The highest BCUT2D eigenvalue weighted by Gasteiger charge is 2.25. The first-order chi connectivity index (χ1) is 7.36. The molecule has 0 spiro atoms. The molecule has 0 fully saturated rings. The predicted octanol–water partition coefficient (Wildman–Crippen LogP) is 4.89. The zero-order valence-corrected chi connectivity index (χ0v) is 11.9. The molecule has 0 nitrogen and oxygen atoms in total. The molecule has 0 heterocycles. The van der Waals surface area contributed by atoms with Gasteiger partial charge in [0.15, 0.2) is 0 Å². The van der Waals surface area contributed by atoms with E-state index in [1.807, 2.05) is 0 Å². The van der Waals surface area contributed by atoms with Crippen molar-refractivity contribution < 1.29 is 0 Å². The molecular weight excluding hydrogens is 216 g/mol. The van der Waals surface area contributed by atoms with Gasteiger partial charge in [-0.1, -0.05) is 39.0 Å². The van der Waals surface area contributed by atoms with Crippen LogP contribution >= 0.6 is 11.6 Å². The molecule has 16 heavy (non-hydrogen) atoms. The second kappa shape index (κ2) is 5.23. The number of hydrogen-bond donors (Lipinski definition) is 0. The molecule has 1 aromatic carbocycles. The van der Waals surface area contributed by atoms with Crippen LogP contribution in [0.2, 0.25) is 0 Å². The van der Waals surface area contributed by atoms with Crippen molar-refractivity contribution in [2.75, 3.05) is 0 Å². The summed E-state index contributed by atoms with van der Waals surface area (Å²) in [5, 5.41) is 0.208. The summed E-state index contributed by atoms with van der Waals surface area (Å²) in [6, 6.07) is 6.65. The van der Waals surface area contributed by atoms with Gasteiger partial charge in [0.1, 0.15) is 0 Å². The average Bonchev–Trinajstić information content (AvgIpc) is 2.23. The van der Waals surface area contributed by atoms with E-state index in [1.165, 1.54) is 16.7 Å². The lowest BCUT2D eigenvalue weighted by molar-refractivity contribution is 0.330. The molecule has 1 aromatic rings. The van der Waals surface area contributed by atoms with Crippen LogP contribution in [-0.4, -0.2) is 5.38 Å². The van der Waals surface area contributed by atoms with E-state index in [4.69, 9.17) is 11.6 Å². The fourth-order valence-electron chi connectivity index (χ4n) is 1.64. The van der Waals surface area contributed by atoms with Crippen molar-refractivity contribution in [2.45, 2.75) is 52.8 Å². The van der Waals surface area contributed by atoms with E-state index in [0.29, 0.717) is 0 Å². The molecule has 90 valence electrons. The summed E-state index contributed by atoms with van der Waals surface area (Å²) in [7, 11) is 0. The van der Waals surface area contributed by atoms with Crippen molar-refractivity contribution in [3.63, 3.8) is 0 Å². The molecular formula is C15H23Cl. The van der Waals surface area contributed by atoms with Gasteiger partial charge in [0.25, 0.3) is 0 Å². The molecule has 0 bridgehead atoms. The molecule has 0 aromatic heterocycles. The summed E-state index contributed by atoms with van der Waals surface area (Å²) in [5.74, 6) is 0. The van der Waals surface area contributed by atoms with Gasteiger partial charge < -0.3 is 0 Å². The molecule has 0 saturated carbocycles. The third kappa shape index (κ3) is 3.25. The fourth-order valence-corrected chi connectivity index (χ4v) is 1.97. The molecule has 0 N–H and O–H groups in total. The summed E-state index contributed by atoms with van der Waals surface area (Å²) < 4.78 is 0. The Labute approximate surface area is 105 Å². The van der Waals surface area contributed by atoms with Crippen LogP contribution in [0, 0.1) is 19.3 Å². The number of halogens is 1. The SMILES string of the molecule is CCC(C)(C)C(Cl)Cc1ccc(C)c(C)c1. The minimum Gasteiger partial charge on any atom is -0.122 e. The van der Waals surface area contributed by atoms with E-state index < -0.39 is 0 Å². The number of alkyl halides is 1. The van der Waals surface area contributed by atoms with E-state index in [9.17, 15) is 0 Å². The Bertz CT molecular complexity index is 352. The molecule has 0 amide bonds. The molecule has 0 aliphatic rings. The van der Waals surface area contributed by atoms with E-state index in [-0.39, 0.29) is 10.8 Å². The van der Waals surface area contributed by atoms with Crippen molar-refractivity contribution in [1.29, 1.82) is 0 Å². The van der Waals surface area contributed by atoms with Crippen molar-refractivity contribution >= 4 is 11.6 Å². The highest BCUT2D eigenvalue weighted by molar-refractivity contribution is 6.21. The van der Waals surface area contributed by atoms with Gasteiger partial charge in [0.05, 0.1) is 0 Å². The molecule has 0 aliphatic carbocycles. The largest absolute Gasteiger partial charge is 0.122 e. The van der Waals surface area contributed by atoms with Crippen molar-refractivity contribution in [3.05, 3.63) is 34.9 Å². The summed E-state index contributed by atoms with van der Waals surface area (Å²) >= 11 is 6.50. The lowest BCUT2D eigenvalue weighted by Crippen LogP contribution is -2.25. The van der Waals surface area contributed by atoms with Crippen LogP contribution in [0.5, 0.6) is 0 Å². The van der Waals surface area contributed by atoms with E-state index in [1.54, 1.807) is 0 Å². The van der Waals surface area contributed by atoms with Crippen LogP contribution in [0.4, 0.5) is 0 Å². The van der Waals surface area contributed by atoms with Gasteiger partial charge in [-0.25, -0.2) is 0 Å². The van der Waals surface area contributed by atoms with Gasteiger partial charge in [-0.05, 0) is 48.8 Å². The van der Waals surface area contributed by atoms with Crippen molar-refractivity contribution in [1.82, 2.24) is 0 Å². The van der Waals surface area contributed by atoms with Crippen LogP contribution in [0.25, 0.3) is 0 Å².